The normalized spacial score (nSPS) is 17.4. The average Bonchev–Trinajstić information content (AvgIpc) is 3.09. The SMILES string of the molecule is Cc1ccccc1CCC(N)CCC1CC1. The van der Waals surface area contributed by atoms with Crippen LogP contribution in [0.2, 0.25) is 0 Å². The van der Waals surface area contributed by atoms with Crippen molar-refractivity contribution in [3.8, 4) is 0 Å². The van der Waals surface area contributed by atoms with Gasteiger partial charge in [0, 0.05) is 6.04 Å². The molecule has 1 aliphatic rings. The summed E-state index contributed by atoms with van der Waals surface area (Å²) in [6, 6.07) is 9.04. The van der Waals surface area contributed by atoms with Crippen molar-refractivity contribution in [2.45, 2.75) is 51.5 Å². The zero-order valence-corrected chi connectivity index (χ0v) is 10.3. The molecule has 1 aromatic rings. The Labute approximate surface area is 99.0 Å². The van der Waals surface area contributed by atoms with Crippen LogP contribution in [0.4, 0.5) is 0 Å². The van der Waals surface area contributed by atoms with Gasteiger partial charge in [-0.15, -0.1) is 0 Å². The fourth-order valence-electron chi connectivity index (χ4n) is 2.23. The van der Waals surface area contributed by atoms with Crippen molar-refractivity contribution < 1.29 is 0 Å². The van der Waals surface area contributed by atoms with Crippen molar-refractivity contribution in [1.82, 2.24) is 0 Å². The third kappa shape index (κ3) is 3.64. The van der Waals surface area contributed by atoms with Crippen LogP contribution in [0.15, 0.2) is 24.3 Å². The molecule has 1 heteroatoms. The minimum atomic E-state index is 0.403. The lowest BCUT2D eigenvalue weighted by molar-refractivity contribution is 0.523. The Morgan fingerprint density at radius 2 is 2.00 bits per heavy atom. The second-order valence-corrected chi connectivity index (χ2v) is 5.25. The smallest absolute Gasteiger partial charge is 0.00420 e. The van der Waals surface area contributed by atoms with E-state index in [-0.39, 0.29) is 0 Å². The molecule has 0 bridgehead atoms. The predicted octanol–water partition coefficient (Wildman–Crippen LogP) is 3.45. The predicted molar refractivity (Wildman–Crippen MR) is 69.4 cm³/mol. The van der Waals surface area contributed by atoms with Gasteiger partial charge in [0.15, 0.2) is 0 Å². The largest absolute Gasteiger partial charge is 0.328 e. The topological polar surface area (TPSA) is 26.0 Å². The molecule has 16 heavy (non-hydrogen) atoms. The van der Waals surface area contributed by atoms with Gasteiger partial charge in [0.05, 0.1) is 0 Å². The van der Waals surface area contributed by atoms with Crippen LogP contribution >= 0.6 is 0 Å². The van der Waals surface area contributed by atoms with Crippen LogP contribution < -0.4 is 5.73 Å². The molecule has 2 N–H and O–H groups in total. The van der Waals surface area contributed by atoms with Gasteiger partial charge >= 0.3 is 0 Å². The van der Waals surface area contributed by atoms with E-state index in [1.165, 1.54) is 36.8 Å². The molecule has 0 radical (unpaired) electrons. The molecule has 0 saturated heterocycles. The van der Waals surface area contributed by atoms with E-state index in [1.807, 2.05) is 0 Å². The standard InChI is InChI=1S/C15H23N/c1-12-4-2-3-5-14(12)9-11-15(16)10-8-13-6-7-13/h2-5,13,15H,6-11,16H2,1H3. The number of hydrogen-bond donors (Lipinski definition) is 1. The van der Waals surface area contributed by atoms with E-state index in [9.17, 15) is 0 Å². The Morgan fingerprint density at radius 3 is 2.69 bits per heavy atom. The maximum absolute atomic E-state index is 6.15. The molecular weight excluding hydrogens is 194 g/mol. The highest BCUT2D eigenvalue weighted by Crippen LogP contribution is 2.33. The van der Waals surface area contributed by atoms with Gasteiger partial charge in [-0.25, -0.2) is 0 Å². The number of benzene rings is 1. The monoisotopic (exact) mass is 217 g/mol. The summed E-state index contributed by atoms with van der Waals surface area (Å²) in [6.07, 6.45) is 7.75. The highest BCUT2D eigenvalue weighted by molar-refractivity contribution is 5.25. The third-order valence-electron chi connectivity index (χ3n) is 3.69. The van der Waals surface area contributed by atoms with E-state index in [1.54, 1.807) is 0 Å². The van der Waals surface area contributed by atoms with E-state index in [0.29, 0.717) is 6.04 Å². The molecule has 1 unspecified atom stereocenters. The fourth-order valence-corrected chi connectivity index (χ4v) is 2.23. The minimum Gasteiger partial charge on any atom is -0.328 e. The molecule has 1 nitrogen and oxygen atoms in total. The van der Waals surface area contributed by atoms with Gasteiger partial charge in [-0.05, 0) is 49.7 Å². The van der Waals surface area contributed by atoms with E-state index in [2.05, 4.69) is 31.2 Å². The molecule has 0 aliphatic heterocycles. The van der Waals surface area contributed by atoms with Crippen LogP contribution in [-0.4, -0.2) is 6.04 Å². The molecule has 1 fully saturated rings. The third-order valence-corrected chi connectivity index (χ3v) is 3.69. The molecular formula is C15H23N. The zero-order valence-electron chi connectivity index (χ0n) is 10.3. The highest BCUT2D eigenvalue weighted by Gasteiger charge is 2.21. The second-order valence-electron chi connectivity index (χ2n) is 5.25. The van der Waals surface area contributed by atoms with Crippen molar-refractivity contribution in [2.24, 2.45) is 11.7 Å². The molecule has 1 saturated carbocycles. The van der Waals surface area contributed by atoms with Gasteiger partial charge in [0.2, 0.25) is 0 Å². The molecule has 2 rings (SSSR count). The lowest BCUT2D eigenvalue weighted by Crippen LogP contribution is -2.20. The Bertz CT molecular complexity index is 328. The molecule has 0 amide bonds. The van der Waals surface area contributed by atoms with Crippen molar-refractivity contribution >= 4 is 0 Å². The Hall–Kier alpha value is -0.820. The summed E-state index contributed by atoms with van der Waals surface area (Å²) in [5.74, 6) is 1.02. The summed E-state index contributed by atoms with van der Waals surface area (Å²) in [6.45, 7) is 2.19. The molecule has 88 valence electrons. The first-order valence-electron chi connectivity index (χ1n) is 6.56. The molecule has 0 spiro atoms. The first-order valence-corrected chi connectivity index (χ1v) is 6.56. The molecule has 1 atom stereocenters. The van der Waals surface area contributed by atoms with Gasteiger partial charge in [0.25, 0.3) is 0 Å². The lowest BCUT2D eigenvalue weighted by atomic mass is 9.98. The maximum Gasteiger partial charge on any atom is 0.00420 e. The van der Waals surface area contributed by atoms with Crippen LogP contribution in [0, 0.1) is 12.8 Å². The summed E-state index contributed by atoms with van der Waals surface area (Å²) in [5.41, 5.74) is 9.01. The molecule has 0 heterocycles. The zero-order chi connectivity index (χ0) is 11.4. The summed E-state index contributed by atoms with van der Waals surface area (Å²) in [4.78, 5) is 0. The van der Waals surface area contributed by atoms with Crippen molar-refractivity contribution in [3.05, 3.63) is 35.4 Å². The van der Waals surface area contributed by atoms with E-state index in [0.717, 1.165) is 18.8 Å². The van der Waals surface area contributed by atoms with E-state index >= 15 is 0 Å². The average molecular weight is 217 g/mol. The van der Waals surface area contributed by atoms with Gasteiger partial charge in [0.1, 0.15) is 0 Å². The summed E-state index contributed by atoms with van der Waals surface area (Å²) >= 11 is 0. The molecule has 1 aromatic carbocycles. The van der Waals surface area contributed by atoms with Crippen LogP contribution in [-0.2, 0) is 6.42 Å². The van der Waals surface area contributed by atoms with Crippen LogP contribution in [0.3, 0.4) is 0 Å². The van der Waals surface area contributed by atoms with Crippen molar-refractivity contribution in [1.29, 1.82) is 0 Å². The Kier molecular flexibility index (Phi) is 4.00. The summed E-state index contributed by atoms with van der Waals surface area (Å²) < 4.78 is 0. The number of nitrogens with two attached hydrogens (primary N) is 1. The fraction of sp³-hybridized carbons (Fsp3) is 0.600. The van der Waals surface area contributed by atoms with Crippen LogP contribution in [0.5, 0.6) is 0 Å². The summed E-state index contributed by atoms with van der Waals surface area (Å²) in [7, 11) is 0. The first-order chi connectivity index (χ1) is 7.75. The minimum absolute atomic E-state index is 0.403. The molecule has 0 aromatic heterocycles. The number of hydrogen-bond acceptors (Lipinski definition) is 1. The Morgan fingerprint density at radius 1 is 1.25 bits per heavy atom. The Balaban J connectivity index is 1.71. The molecule has 1 aliphatic carbocycles. The number of rotatable bonds is 6. The van der Waals surface area contributed by atoms with Crippen LogP contribution in [0.25, 0.3) is 0 Å². The van der Waals surface area contributed by atoms with E-state index in [4.69, 9.17) is 5.73 Å². The number of aryl methyl sites for hydroxylation is 2. The van der Waals surface area contributed by atoms with Crippen molar-refractivity contribution in [3.63, 3.8) is 0 Å². The van der Waals surface area contributed by atoms with Crippen molar-refractivity contribution in [2.75, 3.05) is 0 Å². The highest BCUT2D eigenvalue weighted by atomic mass is 14.6. The van der Waals surface area contributed by atoms with Gasteiger partial charge in [-0.2, -0.15) is 0 Å². The summed E-state index contributed by atoms with van der Waals surface area (Å²) in [5, 5.41) is 0. The van der Waals surface area contributed by atoms with Crippen LogP contribution in [0.1, 0.15) is 43.2 Å². The van der Waals surface area contributed by atoms with Gasteiger partial charge < -0.3 is 5.73 Å². The lowest BCUT2D eigenvalue weighted by Gasteiger charge is -2.12. The van der Waals surface area contributed by atoms with Gasteiger partial charge in [-0.3, -0.25) is 0 Å². The van der Waals surface area contributed by atoms with E-state index < -0.39 is 0 Å². The second kappa shape index (κ2) is 5.49. The first kappa shape index (κ1) is 11.7. The maximum atomic E-state index is 6.15. The quantitative estimate of drug-likeness (QED) is 0.776. The van der Waals surface area contributed by atoms with Gasteiger partial charge in [-0.1, -0.05) is 37.1 Å².